The van der Waals surface area contributed by atoms with Crippen LogP contribution < -0.4 is 4.90 Å². The monoisotopic (exact) mass is 321 g/mol. The molecule has 102 valence electrons. The molecule has 2 aromatic rings. The number of anilines is 1. The number of unbranched alkanes of at least 4 members (excludes halogenated alkanes) is 2. The van der Waals surface area contributed by atoms with Crippen molar-refractivity contribution < 1.29 is 0 Å². The Kier molecular flexibility index (Phi) is 5.14. The number of aryl methyl sites for hydroxylation is 1. The lowest BCUT2D eigenvalue weighted by molar-refractivity contribution is 0.705. The van der Waals surface area contributed by atoms with Gasteiger partial charge in [-0.2, -0.15) is 0 Å². The first kappa shape index (κ1) is 14.3. The molecule has 0 aliphatic heterocycles. The molecule has 19 heavy (non-hydrogen) atoms. The predicted molar refractivity (Wildman–Crippen MR) is 85.2 cm³/mol. The fourth-order valence-corrected chi connectivity index (χ4v) is 2.56. The average molecular weight is 322 g/mol. The summed E-state index contributed by atoms with van der Waals surface area (Å²) in [7, 11) is 2.10. The van der Waals surface area contributed by atoms with Crippen molar-refractivity contribution in [1.29, 1.82) is 0 Å². The fraction of sp³-hybridized carbons (Fsp3) is 0.467. The molecule has 1 aromatic heterocycles. The first-order valence-corrected chi connectivity index (χ1v) is 7.85. The summed E-state index contributed by atoms with van der Waals surface area (Å²) in [6, 6.07) is 8.03. The van der Waals surface area contributed by atoms with Gasteiger partial charge in [0.1, 0.15) is 0 Å². The van der Waals surface area contributed by atoms with E-state index in [2.05, 4.69) is 32.9 Å². The summed E-state index contributed by atoms with van der Waals surface area (Å²) in [4.78, 5) is 11.6. The third-order valence-corrected chi connectivity index (χ3v) is 3.77. The van der Waals surface area contributed by atoms with Crippen LogP contribution >= 0.6 is 15.9 Å². The molecule has 0 aliphatic carbocycles. The summed E-state index contributed by atoms with van der Waals surface area (Å²) in [5, 5.41) is 1.09. The Balaban J connectivity index is 2.12. The van der Waals surface area contributed by atoms with E-state index in [1.165, 1.54) is 19.3 Å². The van der Waals surface area contributed by atoms with Crippen LogP contribution in [-0.2, 0) is 0 Å². The van der Waals surface area contributed by atoms with Gasteiger partial charge < -0.3 is 4.90 Å². The molecular formula is C15H20BrN3. The van der Waals surface area contributed by atoms with Crippen molar-refractivity contribution in [2.75, 3.05) is 23.8 Å². The topological polar surface area (TPSA) is 29.0 Å². The third-order valence-electron chi connectivity index (χ3n) is 3.21. The SMILES string of the molecule is Cc1nc2ccccc2nc1N(C)CCCCCBr. The van der Waals surface area contributed by atoms with Crippen molar-refractivity contribution in [2.24, 2.45) is 0 Å². The zero-order valence-electron chi connectivity index (χ0n) is 11.6. The molecule has 0 saturated carbocycles. The Hall–Kier alpha value is -1.16. The number of fused-ring (bicyclic) bond motifs is 1. The molecule has 2 rings (SSSR count). The molecule has 0 aliphatic rings. The number of nitrogens with zero attached hydrogens (tertiary/aromatic N) is 3. The van der Waals surface area contributed by atoms with Gasteiger partial charge in [-0.25, -0.2) is 9.97 Å². The van der Waals surface area contributed by atoms with Gasteiger partial charge in [0.25, 0.3) is 0 Å². The highest BCUT2D eigenvalue weighted by Gasteiger charge is 2.09. The maximum absolute atomic E-state index is 4.73. The van der Waals surface area contributed by atoms with Crippen LogP contribution in [0.1, 0.15) is 25.0 Å². The van der Waals surface area contributed by atoms with Crippen molar-refractivity contribution in [2.45, 2.75) is 26.2 Å². The van der Waals surface area contributed by atoms with Crippen molar-refractivity contribution in [3.05, 3.63) is 30.0 Å². The standard InChI is InChI=1S/C15H20BrN3/c1-12-15(19(2)11-7-3-6-10-16)18-14-9-5-4-8-13(14)17-12/h4-5,8-9H,3,6-7,10-11H2,1-2H3. The first-order chi connectivity index (χ1) is 9.22. The Morgan fingerprint density at radius 2 is 1.74 bits per heavy atom. The maximum atomic E-state index is 4.73. The molecule has 1 heterocycles. The first-order valence-electron chi connectivity index (χ1n) is 6.73. The van der Waals surface area contributed by atoms with Gasteiger partial charge in [-0.3, -0.25) is 0 Å². The number of benzene rings is 1. The maximum Gasteiger partial charge on any atom is 0.150 e. The summed E-state index contributed by atoms with van der Waals surface area (Å²) >= 11 is 3.46. The Morgan fingerprint density at radius 3 is 2.42 bits per heavy atom. The van der Waals surface area contributed by atoms with E-state index in [0.717, 1.165) is 34.4 Å². The molecule has 0 saturated heterocycles. The van der Waals surface area contributed by atoms with Crippen LogP contribution in [0.3, 0.4) is 0 Å². The number of rotatable bonds is 6. The van der Waals surface area contributed by atoms with E-state index >= 15 is 0 Å². The normalized spacial score (nSPS) is 10.9. The number of para-hydroxylation sites is 2. The number of halogens is 1. The molecular weight excluding hydrogens is 302 g/mol. The second-order valence-electron chi connectivity index (χ2n) is 4.79. The quantitative estimate of drug-likeness (QED) is 0.596. The summed E-state index contributed by atoms with van der Waals surface area (Å²) in [5.74, 6) is 0.998. The van der Waals surface area contributed by atoms with E-state index in [4.69, 9.17) is 4.98 Å². The molecule has 1 aromatic carbocycles. The predicted octanol–water partition coefficient (Wildman–Crippen LogP) is 3.94. The zero-order chi connectivity index (χ0) is 13.7. The van der Waals surface area contributed by atoms with E-state index in [-0.39, 0.29) is 0 Å². The van der Waals surface area contributed by atoms with Crippen LogP contribution in [-0.4, -0.2) is 28.9 Å². The molecule has 0 bridgehead atoms. The van der Waals surface area contributed by atoms with Gasteiger partial charge in [0, 0.05) is 18.9 Å². The second-order valence-corrected chi connectivity index (χ2v) is 5.59. The van der Waals surface area contributed by atoms with Crippen LogP contribution in [0.2, 0.25) is 0 Å². The van der Waals surface area contributed by atoms with Crippen LogP contribution in [0.4, 0.5) is 5.82 Å². The summed E-state index contributed by atoms with van der Waals surface area (Å²) in [6.45, 7) is 3.06. The van der Waals surface area contributed by atoms with Gasteiger partial charge in [0.2, 0.25) is 0 Å². The van der Waals surface area contributed by atoms with E-state index in [0.29, 0.717) is 0 Å². The van der Waals surface area contributed by atoms with Gasteiger partial charge in [0.15, 0.2) is 5.82 Å². The van der Waals surface area contributed by atoms with E-state index in [1.54, 1.807) is 0 Å². The van der Waals surface area contributed by atoms with E-state index in [9.17, 15) is 0 Å². The molecule has 0 spiro atoms. The van der Waals surface area contributed by atoms with Crippen molar-refractivity contribution in [3.63, 3.8) is 0 Å². The summed E-state index contributed by atoms with van der Waals surface area (Å²) in [5.41, 5.74) is 2.94. The Labute approximate surface area is 123 Å². The van der Waals surface area contributed by atoms with Crippen LogP contribution in [0.15, 0.2) is 24.3 Å². The fourth-order valence-electron chi connectivity index (χ4n) is 2.17. The van der Waals surface area contributed by atoms with Gasteiger partial charge in [-0.05, 0) is 31.9 Å². The molecule has 4 heteroatoms. The van der Waals surface area contributed by atoms with Crippen molar-refractivity contribution in [1.82, 2.24) is 9.97 Å². The molecule has 0 unspecified atom stereocenters. The molecule has 0 radical (unpaired) electrons. The van der Waals surface area contributed by atoms with Gasteiger partial charge in [-0.15, -0.1) is 0 Å². The minimum absolute atomic E-state index is 0.968. The van der Waals surface area contributed by atoms with Gasteiger partial charge in [-0.1, -0.05) is 34.5 Å². The number of hydrogen-bond acceptors (Lipinski definition) is 3. The molecule has 0 fully saturated rings. The Bertz CT molecular complexity index is 542. The largest absolute Gasteiger partial charge is 0.358 e. The van der Waals surface area contributed by atoms with E-state index in [1.807, 2.05) is 31.2 Å². The van der Waals surface area contributed by atoms with Crippen molar-refractivity contribution >= 4 is 32.8 Å². The highest BCUT2D eigenvalue weighted by atomic mass is 79.9. The number of hydrogen-bond donors (Lipinski definition) is 0. The lowest BCUT2D eigenvalue weighted by Gasteiger charge is -2.20. The molecule has 0 N–H and O–H groups in total. The average Bonchev–Trinajstić information content (AvgIpc) is 2.42. The lowest BCUT2D eigenvalue weighted by Crippen LogP contribution is -2.21. The van der Waals surface area contributed by atoms with Gasteiger partial charge >= 0.3 is 0 Å². The summed E-state index contributed by atoms with van der Waals surface area (Å²) < 4.78 is 0. The molecule has 0 amide bonds. The van der Waals surface area contributed by atoms with Crippen molar-refractivity contribution in [3.8, 4) is 0 Å². The van der Waals surface area contributed by atoms with E-state index < -0.39 is 0 Å². The van der Waals surface area contributed by atoms with Crippen LogP contribution in [0.5, 0.6) is 0 Å². The number of aromatic nitrogens is 2. The van der Waals surface area contributed by atoms with Crippen LogP contribution in [0, 0.1) is 6.92 Å². The van der Waals surface area contributed by atoms with Gasteiger partial charge in [0.05, 0.1) is 16.7 Å². The van der Waals surface area contributed by atoms with Crippen LogP contribution in [0.25, 0.3) is 11.0 Å². The highest BCUT2D eigenvalue weighted by molar-refractivity contribution is 9.09. The Morgan fingerprint density at radius 1 is 1.05 bits per heavy atom. The zero-order valence-corrected chi connectivity index (χ0v) is 13.2. The minimum Gasteiger partial charge on any atom is -0.358 e. The highest BCUT2D eigenvalue weighted by Crippen LogP contribution is 2.19. The summed E-state index contributed by atoms with van der Waals surface area (Å²) in [6.07, 6.45) is 3.67. The molecule has 0 atom stereocenters. The lowest BCUT2D eigenvalue weighted by atomic mass is 10.2. The smallest absolute Gasteiger partial charge is 0.150 e. The minimum atomic E-state index is 0.968. The molecule has 3 nitrogen and oxygen atoms in total. The number of alkyl halides is 1. The second kappa shape index (κ2) is 6.85. The third kappa shape index (κ3) is 3.66.